The number of carbonyl (C=O) groups is 1. The van der Waals surface area contributed by atoms with Gasteiger partial charge < -0.3 is 10.4 Å². The van der Waals surface area contributed by atoms with Gasteiger partial charge in [0.05, 0.1) is 10.5 Å². The van der Waals surface area contributed by atoms with E-state index in [9.17, 15) is 9.90 Å². The summed E-state index contributed by atoms with van der Waals surface area (Å²) in [5.74, 6) is -0.327. The number of hydrogen-bond acceptors (Lipinski definition) is 5. The highest BCUT2D eigenvalue weighted by atomic mass is 32.1. The average Bonchev–Trinajstić information content (AvgIpc) is 3.24. The molecule has 0 amide bonds. The zero-order valence-corrected chi connectivity index (χ0v) is 14.8. The molecule has 7 heteroatoms. The normalized spacial score (nSPS) is 13.6. The molecule has 3 rings (SSSR count). The number of hydrazone groups is 1. The molecule has 25 heavy (non-hydrogen) atoms. The van der Waals surface area contributed by atoms with Gasteiger partial charge in [-0.25, -0.2) is 0 Å². The number of Topliss-reactive ketones (excluding diaryl/α,β-unsaturated/α-hetero) is 1. The summed E-state index contributed by atoms with van der Waals surface area (Å²) >= 11 is 6.55. The Kier molecular flexibility index (Phi) is 5.06. The first-order valence-electron chi connectivity index (χ1n) is 7.47. The van der Waals surface area contributed by atoms with Gasteiger partial charge in [0.2, 0.25) is 0 Å². The number of nitrogens with one attached hydrogen (secondary N) is 2. The number of thiocarbonyl (C=S) groups is 1. The minimum atomic E-state index is -0.257. The summed E-state index contributed by atoms with van der Waals surface area (Å²) in [7, 11) is 0. The predicted octanol–water partition coefficient (Wildman–Crippen LogP) is 3.27. The third-order valence-electron chi connectivity index (χ3n) is 3.56. The van der Waals surface area contributed by atoms with Crippen LogP contribution in [0.3, 0.4) is 0 Å². The van der Waals surface area contributed by atoms with Crippen molar-refractivity contribution in [1.29, 1.82) is 0 Å². The van der Waals surface area contributed by atoms with Gasteiger partial charge in [-0.05, 0) is 23.7 Å². The van der Waals surface area contributed by atoms with Crippen molar-refractivity contribution in [1.82, 2.24) is 10.7 Å². The van der Waals surface area contributed by atoms with Crippen LogP contribution in [0.5, 0.6) is 0 Å². The van der Waals surface area contributed by atoms with Gasteiger partial charge in [-0.15, -0.1) is 17.9 Å². The van der Waals surface area contributed by atoms with Gasteiger partial charge >= 0.3 is 0 Å². The molecule has 0 saturated heterocycles. The molecule has 0 spiro atoms. The molecule has 0 aliphatic heterocycles. The molecule has 0 radical (unpaired) electrons. The zero-order chi connectivity index (χ0) is 17.8. The van der Waals surface area contributed by atoms with Crippen LogP contribution in [0.25, 0.3) is 5.76 Å². The van der Waals surface area contributed by atoms with Gasteiger partial charge in [0.1, 0.15) is 11.5 Å². The van der Waals surface area contributed by atoms with Crippen molar-refractivity contribution in [2.75, 3.05) is 6.54 Å². The summed E-state index contributed by atoms with van der Waals surface area (Å²) in [5.41, 5.74) is 4.22. The van der Waals surface area contributed by atoms with E-state index >= 15 is 0 Å². The van der Waals surface area contributed by atoms with E-state index in [0.717, 1.165) is 4.88 Å². The predicted molar refractivity (Wildman–Crippen MR) is 105 cm³/mol. The molecule has 1 aromatic heterocycles. The van der Waals surface area contributed by atoms with E-state index in [2.05, 4.69) is 22.4 Å². The van der Waals surface area contributed by atoms with Crippen molar-refractivity contribution in [3.63, 3.8) is 0 Å². The lowest BCUT2D eigenvalue weighted by Gasteiger charge is -2.08. The smallest absolute Gasteiger partial charge is 0.199 e. The quantitative estimate of drug-likeness (QED) is 0.326. The Balaban J connectivity index is 1.99. The molecule has 0 atom stereocenters. The van der Waals surface area contributed by atoms with Crippen LogP contribution < -0.4 is 10.7 Å². The van der Waals surface area contributed by atoms with Crippen LogP contribution in [0.1, 0.15) is 20.8 Å². The molecule has 0 bridgehead atoms. The van der Waals surface area contributed by atoms with Gasteiger partial charge in [-0.2, -0.15) is 5.10 Å². The second-order valence-electron chi connectivity index (χ2n) is 5.15. The Bertz CT molecular complexity index is 899. The summed E-state index contributed by atoms with van der Waals surface area (Å²) < 4.78 is 0. The first-order chi connectivity index (χ1) is 12.1. The van der Waals surface area contributed by atoms with Crippen molar-refractivity contribution >= 4 is 45.9 Å². The highest BCUT2D eigenvalue weighted by molar-refractivity contribution is 7.80. The Morgan fingerprint density at radius 2 is 2.04 bits per heavy atom. The number of hydrogen-bond donors (Lipinski definition) is 3. The molecular formula is C18H15N3O2S2. The minimum Gasteiger partial charge on any atom is -0.506 e. The highest BCUT2D eigenvalue weighted by Crippen LogP contribution is 2.33. The van der Waals surface area contributed by atoms with Gasteiger partial charge in [-0.1, -0.05) is 36.4 Å². The number of benzene rings is 1. The fraction of sp³-hybridized carbons (Fsp3) is 0.0556. The van der Waals surface area contributed by atoms with E-state index in [1.165, 1.54) is 11.3 Å². The largest absolute Gasteiger partial charge is 0.506 e. The van der Waals surface area contributed by atoms with E-state index < -0.39 is 0 Å². The number of aliphatic hydroxyl groups is 1. The second-order valence-corrected chi connectivity index (χ2v) is 6.50. The number of aliphatic hydroxyl groups excluding tert-OH is 1. The molecule has 3 N–H and O–H groups in total. The maximum Gasteiger partial charge on any atom is 0.199 e. The van der Waals surface area contributed by atoms with Gasteiger partial charge in [0.25, 0.3) is 0 Å². The van der Waals surface area contributed by atoms with E-state index in [1.54, 1.807) is 30.3 Å². The Morgan fingerprint density at radius 1 is 1.28 bits per heavy atom. The van der Waals surface area contributed by atoms with Gasteiger partial charge in [-0.3, -0.25) is 10.2 Å². The molecule has 126 valence electrons. The molecule has 2 aromatic rings. The number of thiophene rings is 1. The molecule has 5 nitrogen and oxygen atoms in total. The van der Waals surface area contributed by atoms with Gasteiger partial charge in [0, 0.05) is 17.7 Å². The van der Waals surface area contributed by atoms with Crippen molar-refractivity contribution in [3.05, 3.63) is 76.0 Å². The summed E-state index contributed by atoms with van der Waals surface area (Å²) in [6.45, 7) is 4.10. The van der Waals surface area contributed by atoms with E-state index in [4.69, 9.17) is 12.2 Å². The minimum absolute atomic E-state index is 0.0699. The zero-order valence-electron chi connectivity index (χ0n) is 13.2. The summed E-state index contributed by atoms with van der Waals surface area (Å²) in [6.07, 6.45) is 1.67. The lowest BCUT2D eigenvalue weighted by atomic mass is 10.0. The van der Waals surface area contributed by atoms with Crippen molar-refractivity contribution in [3.8, 4) is 0 Å². The SMILES string of the molecule is C=CCNC(=S)NN=C(C1=C(O)c2ccccc2C1=O)c1cccs1. The lowest BCUT2D eigenvalue weighted by molar-refractivity contribution is 0.104. The summed E-state index contributed by atoms with van der Waals surface area (Å²) in [4.78, 5) is 13.5. The van der Waals surface area contributed by atoms with Crippen molar-refractivity contribution in [2.24, 2.45) is 5.10 Å². The topological polar surface area (TPSA) is 73.7 Å². The van der Waals surface area contributed by atoms with E-state index in [-0.39, 0.29) is 17.1 Å². The summed E-state index contributed by atoms with van der Waals surface area (Å²) in [5, 5.41) is 19.9. The third-order valence-corrected chi connectivity index (χ3v) is 4.67. The summed E-state index contributed by atoms with van der Waals surface area (Å²) in [6, 6.07) is 10.6. The molecule has 1 aliphatic carbocycles. The van der Waals surface area contributed by atoms with Crippen LogP contribution in [-0.4, -0.2) is 28.3 Å². The van der Waals surface area contributed by atoms with Crippen molar-refractivity contribution < 1.29 is 9.90 Å². The van der Waals surface area contributed by atoms with Crippen molar-refractivity contribution in [2.45, 2.75) is 0 Å². The molecule has 1 heterocycles. The van der Waals surface area contributed by atoms with Crippen LogP contribution in [0, 0.1) is 0 Å². The third kappa shape index (κ3) is 3.38. The standard InChI is InChI=1S/C18H15N3O2S2/c1-2-9-19-18(24)21-20-15(13-8-5-10-25-13)14-16(22)11-6-3-4-7-12(11)17(14)23/h2-8,10,22H,1,9H2,(H2,19,21,24). The fourth-order valence-corrected chi connectivity index (χ4v) is 3.29. The fourth-order valence-electron chi connectivity index (χ4n) is 2.44. The highest BCUT2D eigenvalue weighted by Gasteiger charge is 2.33. The monoisotopic (exact) mass is 369 g/mol. The van der Waals surface area contributed by atoms with Gasteiger partial charge in [0.15, 0.2) is 10.9 Å². The number of allylic oxidation sites excluding steroid dienone is 1. The van der Waals surface area contributed by atoms with E-state index in [0.29, 0.717) is 28.5 Å². The Morgan fingerprint density at radius 3 is 2.68 bits per heavy atom. The van der Waals surface area contributed by atoms with Crippen LogP contribution >= 0.6 is 23.6 Å². The Hall–Kier alpha value is -2.77. The molecule has 1 aromatic carbocycles. The number of carbonyl (C=O) groups excluding carboxylic acids is 1. The molecule has 0 unspecified atom stereocenters. The van der Waals surface area contributed by atoms with Crippen LogP contribution in [0.4, 0.5) is 0 Å². The Labute approximate surface area is 154 Å². The molecular weight excluding hydrogens is 354 g/mol. The first-order valence-corrected chi connectivity index (χ1v) is 8.76. The number of rotatable bonds is 5. The van der Waals surface area contributed by atoms with Crippen LogP contribution in [0.15, 0.2) is 65.1 Å². The average molecular weight is 369 g/mol. The maximum absolute atomic E-state index is 12.8. The van der Waals surface area contributed by atoms with Crippen LogP contribution in [-0.2, 0) is 0 Å². The lowest BCUT2D eigenvalue weighted by Crippen LogP contribution is -2.33. The van der Waals surface area contributed by atoms with E-state index in [1.807, 2.05) is 17.5 Å². The van der Waals surface area contributed by atoms with Crippen LogP contribution in [0.2, 0.25) is 0 Å². The molecule has 1 aliphatic rings. The molecule has 0 fully saturated rings. The molecule has 0 saturated carbocycles. The number of ketones is 1. The second kappa shape index (κ2) is 7.42. The number of nitrogens with zero attached hydrogens (tertiary/aromatic N) is 1. The first kappa shape index (κ1) is 17.1. The number of fused-ring (bicyclic) bond motifs is 1. The maximum atomic E-state index is 12.8.